The Morgan fingerprint density at radius 2 is 2.14 bits per heavy atom. The molecule has 2 N–H and O–H groups in total. The van der Waals surface area contributed by atoms with E-state index in [1.165, 1.54) is 11.6 Å². The monoisotopic (exact) mass is 293 g/mol. The summed E-state index contributed by atoms with van der Waals surface area (Å²) in [6.07, 6.45) is 3.29. The van der Waals surface area contributed by atoms with E-state index in [0.717, 1.165) is 17.7 Å². The highest BCUT2D eigenvalue weighted by Gasteiger charge is 2.33. The molecular formula is C16H23NO4. The van der Waals surface area contributed by atoms with E-state index in [0.29, 0.717) is 25.2 Å². The zero-order valence-electron chi connectivity index (χ0n) is 13.1. The van der Waals surface area contributed by atoms with Gasteiger partial charge in [-0.15, -0.1) is 0 Å². The molecule has 0 aromatic rings. The van der Waals surface area contributed by atoms with Gasteiger partial charge in [0.15, 0.2) is 0 Å². The Morgan fingerprint density at radius 1 is 1.43 bits per heavy atom. The van der Waals surface area contributed by atoms with Gasteiger partial charge in [-0.2, -0.15) is 0 Å². The number of esters is 1. The second kappa shape index (κ2) is 5.84. The number of ether oxygens (including phenoxy) is 2. The summed E-state index contributed by atoms with van der Waals surface area (Å²) in [6, 6.07) is 0. The maximum absolute atomic E-state index is 11.7. The third kappa shape index (κ3) is 3.40. The van der Waals surface area contributed by atoms with Gasteiger partial charge in [0.1, 0.15) is 11.5 Å². The molecule has 0 amide bonds. The standard InChI is InChI=1S/C16H23NO4/c1-5-21-15(19)8-12-11-7-13(18)14(20-4)6-10(11)9-16(2,3)17-12/h8,17-18H,5-7,9H2,1-4H3/b12-8-. The number of carbonyl (C=O) groups is 1. The predicted molar refractivity (Wildman–Crippen MR) is 79.5 cm³/mol. The number of rotatable bonds is 3. The number of methoxy groups -OCH3 is 1. The Morgan fingerprint density at radius 3 is 2.76 bits per heavy atom. The molecule has 0 aromatic heterocycles. The summed E-state index contributed by atoms with van der Waals surface area (Å²) in [5.74, 6) is 0.472. The molecule has 0 aromatic carbocycles. The van der Waals surface area contributed by atoms with Crippen LogP contribution in [0.5, 0.6) is 0 Å². The number of allylic oxidation sites excluding steroid dienone is 3. The van der Waals surface area contributed by atoms with Crippen LogP contribution in [-0.4, -0.2) is 30.3 Å². The van der Waals surface area contributed by atoms with Crippen molar-refractivity contribution in [2.24, 2.45) is 0 Å². The fourth-order valence-electron chi connectivity index (χ4n) is 2.88. The second-order valence-corrected chi connectivity index (χ2v) is 6.01. The zero-order chi connectivity index (χ0) is 15.6. The molecule has 5 heteroatoms. The number of aliphatic hydroxyl groups is 1. The molecule has 0 bridgehead atoms. The van der Waals surface area contributed by atoms with Crippen molar-refractivity contribution in [1.82, 2.24) is 5.32 Å². The molecule has 0 atom stereocenters. The highest BCUT2D eigenvalue weighted by molar-refractivity contribution is 5.84. The van der Waals surface area contributed by atoms with E-state index in [2.05, 4.69) is 19.2 Å². The van der Waals surface area contributed by atoms with Crippen molar-refractivity contribution in [3.05, 3.63) is 34.4 Å². The van der Waals surface area contributed by atoms with Gasteiger partial charge in [-0.1, -0.05) is 5.57 Å². The van der Waals surface area contributed by atoms with Crippen LogP contribution in [0.3, 0.4) is 0 Å². The topological polar surface area (TPSA) is 67.8 Å². The Labute approximate surface area is 125 Å². The first kappa shape index (κ1) is 15.5. The van der Waals surface area contributed by atoms with Crippen LogP contribution in [0.2, 0.25) is 0 Å². The van der Waals surface area contributed by atoms with Crippen molar-refractivity contribution in [2.45, 2.75) is 45.6 Å². The van der Waals surface area contributed by atoms with E-state index in [-0.39, 0.29) is 17.3 Å². The third-order valence-corrected chi connectivity index (χ3v) is 3.72. The van der Waals surface area contributed by atoms with Crippen LogP contribution >= 0.6 is 0 Å². The van der Waals surface area contributed by atoms with Crippen LogP contribution in [-0.2, 0) is 14.3 Å². The molecule has 0 saturated heterocycles. The lowest BCUT2D eigenvalue weighted by Crippen LogP contribution is -2.44. The molecule has 1 heterocycles. The van der Waals surface area contributed by atoms with E-state index >= 15 is 0 Å². The normalized spacial score (nSPS) is 22.8. The second-order valence-electron chi connectivity index (χ2n) is 6.01. The average Bonchev–Trinajstić information content (AvgIpc) is 2.38. The van der Waals surface area contributed by atoms with Crippen LogP contribution in [0.1, 0.15) is 40.0 Å². The number of hydrogen-bond donors (Lipinski definition) is 2. The first-order chi connectivity index (χ1) is 9.86. The number of aliphatic hydroxyl groups excluding tert-OH is 1. The maximum Gasteiger partial charge on any atom is 0.332 e. The Hall–Kier alpha value is -1.91. The summed E-state index contributed by atoms with van der Waals surface area (Å²) >= 11 is 0. The summed E-state index contributed by atoms with van der Waals surface area (Å²) in [5.41, 5.74) is 2.76. The average molecular weight is 293 g/mol. The summed E-state index contributed by atoms with van der Waals surface area (Å²) < 4.78 is 10.2. The number of hydrogen-bond acceptors (Lipinski definition) is 5. The van der Waals surface area contributed by atoms with Crippen molar-refractivity contribution in [2.75, 3.05) is 13.7 Å². The van der Waals surface area contributed by atoms with E-state index in [4.69, 9.17) is 9.47 Å². The van der Waals surface area contributed by atoms with Crippen LogP contribution in [0.4, 0.5) is 0 Å². The molecule has 0 saturated carbocycles. The highest BCUT2D eigenvalue weighted by atomic mass is 16.5. The third-order valence-electron chi connectivity index (χ3n) is 3.72. The fraction of sp³-hybridized carbons (Fsp3) is 0.562. The Bertz CT molecular complexity index is 540. The molecular weight excluding hydrogens is 270 g/mol. The maximum atomic E-state index is 11.7. The van der Waals surface area contributed by atoms with Crippen molar-refractivity contribution in [3.8, 4) is 0 Å². The lowest BCUT2D eigenvalue weighted by Gasteiger charge is -2.39. The lowest BCUT2D eigenvalue weighted by molar-refractivity contribution is -0.137. The minimum Gasteiger partial charge on any atom is -0.508 e. The molecule has 1 aliphatic heterocycles. The van der Waals surface area contributed by atoms with Gasteiger partial charge < -0.3 is 19.9 Å². The van der Waals surface area contributed by atoms with Crippen LogP contribution in [0, 0.1) is 0 Å². The van der Waals surface area contributed by atoms with Crippen molar-refractivity contribution in [3.63, 3.8) is 0 Å². The van der Waals surface area contributed by atoms with Gasteiger partial charge in [-0.05, 0) is 32.8 Å². The molecule has 21 heavy (non-hydrogen) atoms. The summed E-state index contributed by atoms with van der Waals surface area (Å²) in [4.78, 5) is 11.7. The molecule has 5 nitrogen and oxygen atoms in total. The molecule has 0 unspecified atom stereocenters. The molecule has 0 radical (unpaired) electrons. The quantitative estimate of drug-likeness (QED) is 0.618. The van der Waals surface area contributed by atoms with Gasteiger partial charge in [-0.3, -0.25) is 0 Å². The van der Waals surface area contributed by atoms with Gasteiger partial charge in [0.05, 0.1) is 13.7 Å². The smallest absolute Gasteiger partial charge is 0.332 e. The zero-order valence-corrected chi connectivity index (χ0v) is 13.1. The van der Waals surface area contributed by atoms with Gasteiger partial charge in [0.25, 0.3) is 0 Å². The summed E-state index contributed by atoms with van der Waals surface area (Å²) in [6.45, 7) is 6.29. The van der Waals surface area contributed by atoms with Crippen molar-refractivity contribution >= 4 is 5.97 Å². The highest BCUT2D eigenvalue weighted by Crippen LogP contribution is 2.40. The largest absolute Gasteiger partial charge is 0.508 e. The predicted octanol–water partition coefficient (Wildman–Crippen LogP) is 2.71. The van der Waals surface area contributed by atoms with E-state index < -0.39 is 0 Å². The minimum atomic E-state index is -0.370. The first-order valence-corrected chi connectivity index (χ1v) is 7.19. The Balaban J connectivity index is 2.35. The van der Waals surface area contributed by atoms with Gasteiger partial charge >= 0.3 is 5.97 Å². The summed E-state index contributed by atoms with van der Waals surface area (Å²) in [7, 11) is 1.57. The van der Waals surface area contributed by atoms with E-state index in [1.54, 1.807) is 14.0 Å². The van der Waals surface area contributed by atoms with Gasteiger partial charge in [0.2, 0.25) is 0 Å². The van der Waals surface area contributed by atoms with Crippen LogP contribution in [0.25, 0.3) is 0 Å². The minimum absolute atomic E-state index is 0.150. The van der Waals surface area contributed by atoms with E-state index in [9.17, 15) is 9.90 Å². The molecule has 116 valence electrons. The van der Waals surface area contributed by atoms with E-state index in [1.807, 2.05) is 0 Å². The molecule has 0 spiro atoms. The number of carbonyl (C=O) groups excluding carboxylic acids is 1. The van der Waals surface area contributed by atoms with Gasteiger partial charge in [-0.25, -0.2) is 4.79 Å². The SMILES string of the molecule is CCOC(=O)/C=C1\NC(C)(C)CC2=C1CC(O)=C(OC)C2. The lowest BCUT2D eigenvalue weighted by atomic mass is 9.80. The number of nitrogens with one attached hydrogen (secondary N) is 1. The molecule has 1 aliphatic carbocycles. The van der Waals surface area contributed by atoms with Crippen LogP contribution < -0.4 is 5.32 Å². The molecule has 2 rings (SSSR count). The molecule has 0 fully saturated rings. The first-order valence-electron chi connectivity index (χ1n) is 7.19. The fourth-order valence-corrected chi connectivity index (χ4v) is 2.88. The van der Waals surface area contributed by atoms with Crippen LogP contribution in [0.15, 0.2) is 34.4 Å². The summed E-state index contributed by atoms with van der Waals surface area (Å²) in [5, 5.41) is 13.4. The van der Waals surface area contributed by atoms with Gasteiger partial charge in [0, 0.05) is 30.2 Å². The molecule has 2 aliphatic rings. The van der Waals surface area contributed by atoms with Crippen molar-refractivity contribution in [1.29, 1.82) is 0 Å². The Kier molecular flexibility index (Phi) is 4.30. The van der Waals surface area contributed by atoms with Crippen molar-refractivity contribution < 1.29 is 19.4 Å².